The highest BCUT2D eigenvalue weighted by molar-refractivity contribution is 6.34. The van der Waals surface area contributed by atoms with Crippen molar-refractivity contribution in [3.63, 3.8) is 0 Å². The number of nitrogens with two attached hydrogens (primary N) is 1. The largest absolute Gasteiger partial charge is 0.384 e. The van der Waals surface area contributed by atoms with E-state index in [2.05, 4.69) is 4.90 Å². The molecule has 1 unspecified atom stereocenters. The SMILES string of the molecule is COC1CCCN(c2cccc(Cl)c2C(=N)N)C1. The van der Waals surface area contributed by atoms with Gasteiger partial charge >= 0.3 is 0 Å². The Labute approximate surface area is 112 Å². The molecule has 0 bridgehead atoms. The van der Waals surface area contributed by atoms with Crippen molar-refractivity contribution in [2.45, 2.75) is 18.9 Å². The first-order valence-corrected chi connectivity index (χ1v) is 6.42. The van der Waals surface area contributed by atoms with Crippen LogP contribution < -0.4 is 10.6 Å². The molecule has 98 valence electrons. The van der Waals surface area contributed by atoms with Gasteiger partial charge in [-0.2, -0.15) is 0 Å². The Balaban J connectivity index is 2.32. The van der Waals surface area contributed by atoms with Gasteiger partial charge in [0, 0.05) is 25.9 Å². The fourth-order valence-electron chi connectivity index (χ4n) is 2.39. The number of anilines is 1. The highest BCUT2D eigenvalue weighted by Gasteiger charge is 2.23. The van der Waals surface area contributed by atoms with E-state index in [1.54, 1.807) is 13.2 Å². The number of ether oxygens (including phenoxy) is 1. The third-order valence-corrected chi connectivity index (χ3v) is 3.63. The number of nitrogen functional groups attached to an aromatic ring is 1. The molecule has 2 rings (SSSR count). The third-order valence-electron chi connectivity index (χ3n) is 3.31. The molecule has 1 aliphatic heterocycles. The molecule has 0 aliphatic carbocycles. The summed E-state index contributed by atoms with van der Waals surface area (Å²) >= 11 is 6.14. The minimum atomic E-state index is 0.00939. The molecule has 0 aromatic heterocycles. The van der Waals surface area contributed by atoms with Crippen LogP contribution >= 0.6 is 11.6 Å². The van der Waals surface area contributed by atoms with E-state index >= 15 is 0 Å². The summed E-state index contributed by atoms with van der Waals surface area (Å²) in [4.78, 5) is 2.19. The maximum atomic E-state index is 7.67. The second-order valence-corrected chi connectivity index (χ2v) is 4.90. The molecule has 1 fully saturated rings. The lowest BCUT2D eigenvalue weighted by Crippen LogP contribution is -2.40. The molecule has 1 aliphatic rings. The van der Waals surface area contributed by atoms with Gasteiger partial charge in [0.05, 0.1) is 16.7 Å². The molecule has 1 heterocycles. The van der Waals surface area contributed by atoms with E-state index in [1.807, 2.05) is 12.1 Å². The van der Waals surface area contributed by atoms with Crippen molar-refractivity contribution in [3.05, 3.63) is 28.8 Å². The second-order valence-electron chi connectivity index (χ2n) is 4.49. The molecule has 0 amide bonds. The molecular weight excluding hydrogens is 250 g/mol. The molecule has 1 saturated heterocycles. The van der Waals surface area contributed by atoms with E-state index in [-0.39, 0.29) is 11.9 Å². The van der Waals surface area contributed by atoms with Gasteiger partial charge in [-0.05, 0) is 25.0 Å². The van der Waals surface area contributed by atoms with Crippen LogP contribution in [0.4, 0.5) is 5.69 Å². The van der Waals surface area contributed by atoms with Crippen LogP contribution in [0.5, 0.6) is 0 Å². The topological polar surface area (TPSA) is 62.3 Å². The van der Waals surface area contributed by atoms with E-state index in [0.29, 0.717) is 10.6 Å². The molecular formula is C13H18ClN3O. The van der Waals surface area contributed by atoms with Crippen molar-refractivity contribution in [3.8, 4) is 0 Å². The van der Waals surface area contributed by atoms with Crippen molar-refractivity contribution < 1.29 is 4.74 Å². The predicted molar refractivity (Wildman–Crippen MR) is 74.7 cm³/mol. The van der Waals surface area contributed by atoms with E-state index in [1.165, 1.54) is 0 Å². The van der Waals surface area contributed by atoms with Gasteiger partial charge in [-0.1, -0.05) is 17.7 Å². The highest BCUT2D eigenvalue weighted by atomic mass is 35.5. The average Bonchev–Trinajstić information content (AvgIpc) is 2.38. The van der Waals surface area contributed by atoms with Crippen LogP contribution in [-0.2, 0) is 4.74 Å². The predicted octanol–water partition coefficient (Wildman–Crippen LogP) is 2.24. The molecule has 18 heavy (non-hydrogen) atoms. The minimum Gasteiger partial charge on any atom is -0.384 e. The summed E-state index contributed by atoms with van der Waals surface area (Å²) in [6, 6.07) is 5.61. The van der Waals surface area contributed by atoms with Crippen LogP contribution in [0.3, 0.4) is 0 Å². The Bertz CT molecular complexity index is 450. The first-order valence-electron chi connectivity index (χ1n) is 6.04. The summed E-state index contributed by atoms with van der Waals surface area (Å²) in [6.45, 7) is 1.76. The number of benzene rings is 1. The Morgan fingerprint density at radius 3 is 3.00 bits per heavy atom. The van der Waals surface area contributed by atoms with Gasteiger partial charge in [0.15, 0.2) is 0 Å². The Hall–Kier alpha value is -1.26. The molecule has 5 heteroatoms. The van der Waals surface area contributed by atoms with Crippen LogP contribution in [0, 0.1) is 5.41 Å². The number of hydrogen-bond acceptors (Lipinski definition) is 3. The Kier molecular flexibility index (Phi) is 4.09. The number of nitrogens with zero attached hydrogens (tertiary/aromatic N) is 1. The number of halogens is 1. The standard InChI is InChI=1S/C13H18ClN3O/c1-18-9-4-3-7-17(8-9)11-6-2-5-10(14)12(11)13(15)16/h2,5-6,9H,3-4,7-8H2,1H3,(H3,15,16). The summed E-state index contributed by atoms with van der Waals surface area (Å²) in [5, 5.41) is 8.19. The first kappa shape index (κ1) is 13.2. The van der Waals surface area contributed by atoms with Gasteiger partial charge in [0.25, 0.3) is 0 Å². The van der Waals surface area contributed by atoms with E-state index < -0.39 is 0 Å². The van der Waals surface area contributed by atoms with Crippen molar-refractivity contribution >= 4 is 23.1 Å². The summed E-state index contributed by atoms with van der Waals surface area (Å²) < 4.78 is 5.41. The third kappa shape index (κ3) is 2.60. The molecule has 0 spiro atoms. The lowest BCUT2D eigenvalue weighted by Gasteiger charge is -2.34. The highest BCUT2D eigenvalue weighted by Crippen LogP contribution is 2.29. The van der Waals surface area contributed by atoms with Crippen LogP contribution in [0.25, 0.3) is 0 Å². The maximum Gasteiger partial charge on any atom is 0.126 e. The maximum absolute atomic E-state index is 7.67. The number of hydrogen-bond donors (Lipinski definition) is 2. The minimum absolute atomic E-state index is 0.00939. The number of nitrogens with one attached hydrogen (secondary N) is 1. The molecule has 1 aromatic rings. The summed E-state index contributed by atoms with van der Waals surface area (Å²) in [5.41, 5.74) is 7.18. The van der Waals surface area contributed by atoms with E-state index in [9.17, 15) is 0 Å². The fourth-order valence-corrected chi connectivity index (χ4v) is 2.66. The normalized spacial score (nSPS) is 19.9. The monoisotopic (exact) mass is 267 g/mol. The van der Waals surface area contributed by atoms with Gasteiger partial charge < -0.3 is 15.4 Å². The van der Waals surface area contributed by atoms with Crippen LogP contribution in [0.15, 0.2) is 18.2 Å². The zero-order valence-electron chi connectivity index (χ0n) is 10.4. The lowest BCUT2D eigenvalue weighted by atomic mass is 10.0. The van der Waals surface area contributed by atoms with Gasteiger partial charge in [-0.25, -0.2) is 0 Å². The summed E-state index contributed by atoms with van der Waals surface area (Å²) in [7, 11) is 1.73. The van der Waals surface area contributed by atoms with Crippen molar-refractivity contribution in [1.82, 2.24) is 0 Å². The lowest BCUT2D eigenvalue weighted by molar-refractivity contribution is 0.0893. The number of amidine groups is 1. The fraction of sp³-hybridized carbons (Fsp3) is 0.462. The first-order chi connectivity index (χ1) is 8.63. The Morgan fingerprint density at radius 2 is 2.33 bits per heavy atom. The Morgan fingerprint density at radius 1 is 1.56 bits per heavy atom. The van der Waals surface area contributed by atoms with Crippen LogP contribution in [-0.4, -0.2) is 32.1 Å². The quantitative estimate of drug-likeness (QED) is 0.652. The molecule has 0 saturated carbocycles. The van der Waals surface area contributed by atoms with Gasteiger partial charge in [0.2, 0.25) is 0 Å². The molecule has 3 N–H and O–H groups in total. The van der Waals surface area contributed by atoms with Crippen LogP contribution in [0.1, 0.15) is 18.4 Å². The van der Waals surface area contributed by atoms with Crippen molar-refractivity contribution in [1.29, 1.82) is 5.41 Å². The van der Waals surface area contributed by atoms with Gasteiger partial charge in [0.1, 0.15) is 5.84 Å². The van der Waals surface area contributed by atoms with E-state index in [0.717, 1.165) is 31.6 Å². The van der Waals surface area contributed by atoms with Gasteiger partial charge in [-0.15, -0.1) is 0 Å². The van der Waals surface area contributed by atoms with E-state index in [4.69, 9.17) is 27.5 Å². The molecule has 0 radical (unpaired) electrons. The average molecular weight is 268 g/mol. The molecule has 4 nitrogen and oxygen atoms in total. The smallest absolute Gasteiger partial charge is 0.126 e. The van der Waals surface area contributed by atoms with Crippen LogP contribution in [0.2, 0.25) is 5.02 Å². The summed E-state index contributed by atoms with van der Waals surface area (Å²) in [5.74, 6) is 0.00939. The molecule has 1 aromatic carbocycles. The zero-order valence-corrected chi connectivity index (χ0v) is 11.2. The van der Waals surface area contributed by atoms with Gasteiger partial charge in [-0.3, -0.25) is 5.41 Å². The van der Waals surface area contributed by atoms with Crippen molar-refractivity contribution in [2.24, 2.45) is 5.73 Å². The number of piperidine rings is 1. The molecule has 1 atom stereocenters. The number of methoxy groups -OCH3 is 1. The zero-order chi connectivity index (χ0) is 13.1. The second kappa shape index (κ2) is 5.59. The number of rotatable bonds is 3. The summed E-state index contributed by atoms with van der Waals surface area (Å²) in [6.07, 6.45) is 2.38. The van der Waals surface area contributed by atoms with Crippen molar-refractivity contribution in [2.75, 3.05) is 25.1 Å².